The third-order valence-corrected chi connectivity index (χ3v) is 5.77. The average molecular weight is 503 g/mol. The van der Waals surface area contributed by atoms with Crippen molar-refractivity contribution < 1.29 is 23.9 Å². The van der Waals surface area contributed by atoms with E-state index < -0.39 is 41.1 Å². The molecule has 4 amide bonds. The van der Waals surface area contributed by atoms with Gasteiger partial charge in [-0.05, 0) is 79.7 Å². The normalized spacial score (nSPS) is 15.8. The van der Waals surface area contributed by atoms with Crippen molar-refractivity contribution in [3.63, 3.8) is 0 Å². The van der Waals surface area contributed by atoms with Gasteiger partial charge in [-0.2, -0.15) is 0 Å². The van der Waals surface area contributed by atoms with Crippen LogP contribution in [0.15, 0.2) is 24.3 Å². The lowest BCUT2D eigenvalue weighted by atomic mass is 9.87. The summed E-state index contributed by atoms with van der Waals surface area (Å²) in [5.41, 5.74) is 5.71. The molecule has 0 radical (unpaired) electrons. The van der Waals surface area contributed by atoms with E-state index in [9.17, 15) is 19.2 Å². The van der Waals surface area contributed by atoms with Gasteiger partial charge in [0.15, 0.2) is 0 Å². The smallest absolute Gasteiger partial charge is 0.408 e. The van der Waals surface area contributed by atoms with Crippen LogP contribution in [0.2, 0.25) is 0 Å². The Morgan fingerprint density at radius 3 is 2.22 bits per heavy atom. The summed E-state index contributed by atoms with van der Waals surface area (Å²) in [5.74, 6) is -1.34. The van der Waals surface area contributed by atoms with Gasteiger partial charge in [-0.3, -0.25) is 14.4 Å². The van der Waals surface area contributed by atoms with E-state index in [1.165, 1.54) is 0 Å². The molecule has 1 aliphatic rings. The van der Waals surface area contributed by atoms with Crippen molar-refractivity contribution in [1.82, 2.24) is 15.5 Å². The summed E-state index contributed by atoms with van der Waals surface area (Å²) in [5, 5.41) is 5.64. The van der Waals surface area contributed by atoms with Crippen molar-refractivity contribution in [2.45, 2.75) is 110 Å². The molecular weight excluding hydrogens is 460 g/mol. The van der Waals surface area contributed by atoms with E-state index >= 15 is 0 Å². The van der Waals surface area contributed by atoms with Crippen molar-refractivity contribution in [2.24, 2.45) is 5.73 Å². The van der Waals surface area contributed by atoms with Crippen LogP contribution in [0.1, 0.15) is 90.8 Å². The van der Waals surface area contributed by atoms with E-state index in [0.29, 0.717) is 5.56 Å². The molecule has 2 atom stereocenters. The maximum absolute atomic E-state index is 14.1. The Kier molecular flexibility index (Phi) is 9.51. The molecule has 0 bridgehead atoms. The number of nitrogens with one attached hydrogen (secondary N) is 2. The SMILES string of the molecule is Cc1cccc(C(C(=O)NC(C)(C)C)N(C(=O)C(CCC(N)=O)NC(=O)OC(C)(C)C)C2CCC2)c1. The molecule has 1 aliphatic carbocycles. The second-order valence-electron chi connectivity index (χ2n) is 11.6. The summed E-state index contributed by atoms with van der Waals surface area (Å²) in [7, 11) is 0. The second kappa shape index (κ2) is 11.8. The molecule has 2 rings (SSSR count). The molecular formula is C27H42N4O5. The number of rotatable bonds is 9. The minimum Gasteiger partial charge on any atom is -0.444 e. The number of primary amides is 1. The minimum atomic E-state index is -1.08. The Bertz CT molecular complexity index is 960. The number of hydrogen-bond acceptors (Lipinski definition) is 5. The largest absolute Gasteiger partial charge is 0.444 e. The molecule has 0 aromatic heterocycles. The van der Waals surface area contributed by atoms with Crippen molar-refractivity contribution in [1.29, 1.82) is 0 Å². The fraction of sp³-hybridized carbons (Fsp3) is 0.630. The van der Waals surface area contributed by atoms with Gasteiger partial charge in [0.05, 0.1) is 0 Å². The number of amides is 4. The molecule has 4 N–H and O–H groups in total. The van der Waals surface area contributed by atoms with Crippen molar-refractivity contribution in [3.8, 4) is 0 Å². The summed E-state index contributed by atoms with van der Waals surface area (Å²) < 4.78 is 5.36. The first-order chi connectivity index (χ1) is 16.6. The van der Waals surface area contributed by atoms with E-state index in [0.717, 1.165) is 24.8 Å². The monoisotopic (exact) mass is 502 g/mol. The Morgan fingerprint density at radius 2 is 1.75 bits per heavy atom. The number of carbonyl (C=O) groups excluding carboxylic acids is 4. The first-order valence-corrected chi connectivity index (χ1v) is 12.6. The number of benzene rings is 1. The van der Waals surface area contributed by atoms with Gasteiger partial charge in [0.2, 0.25) is 17.7 Å². The number of hydrogen-bond donors (Lipinski definition) is 3. The van der Waals surface area contributed by atoms with Crippen LogP contribution >= 0.6 is 0 Å². The van der Waals surface area contributed by atoms with E-state index in [4.69, 9.17) is 10.5 Å². The molecule has 200 valence electrons. The summed E-state index contributed by atoms with van der Waals surface area (Å²) in [6.45, 7) is 12.7. The average Bonchev–Trinajstić information content (AvgIpc) is 2.66. The van der Waals surface area contributed by atoms with Gasteiger partial charge >= 0.3 is 6.09 Å². The van der Waals surface area contributed by atoms with Gasteiger partial charge in [-0.1, -0.05) is 29.8 Å². The number of aryl methyl sites for hydroxylation is 1. The highest BCUT2D eigenvalue weighted by molar-refractivity contribution is 5.93. The lowest BCUT2D eigenvalue weighted by Crippen LogP contribution is -2.58. The van der Waals surface area contributed by atoms with Crippen LogP contribution in [0.25, 0.3) is 0 Å². The van der Waals surface area contributed by atoms with Gasteiger partial charge in [0, 0.05) is 18.0 Å². The first-order valence-electron chi connectivity index (χ1n) is 12.6. The van der Waals surface area contributed by atoms with Gasteiger partial charge in [-0.15, -0.1) is 0 Å². The van der Waals surface area contributed by atoms with E-state index in [-0.39, 0.29) is 24.8 Å². The zero-order valence-electron chi connectivity index (χ0n) is 22.6. The van der Waals surface area contributed by atoms with Crippen LogP contribution < -0.4 is 16.4 Å². The highest BCUT2D eigenvalue weighted by atomic mass is 16.6. The van der Waals surface area contributed by atoms with Gasteiger partial charge in [-0.25, -0.2) is 4.79 Å². The number of alkyl carbamates (subject to hydrolysis) is 1. The van der Waals surface area contributed by atoms with Crippen LogP contribution in [0.3, 0.4) is 0 Å². The molecule has 0 aliphatic heterocycles. The van der Waals surface area contributed by atoms with E-state index in [1.807, 2.05) is 52.0 Å². The molecule has 1 aromatic rings. The number of nitrogens with two attached hydrogens (primary N) is 1. The van der Waals surface area contributed by atoms with Crippen molar-refractivity contribution >= 4 is 23.8 Å². The van der Waals surface area contributed by atoms with Crippen molar-refractivity contribution in [3.05, 3.63) is 35.4 Å². The molecule has 1 fully saturated rings. The summed E-state index contributed by atoms with van der Waals surface area (Å²) in [6.07, 6.45) is 1.54. The van der Waals surface area contributed by atoms with Crippen LogP contribution in [0.5, 0.6) is 0 Å². The molecule has 0 heterocycles. The molecule has 36 heavy (non-hydrogen) atoms. The molecule has 0 spiro atoms. The molecule has 1 aromatic carbocycles. The number of carbonyl (C=O) groups is 4. The fourth-order valence-electron chi connectivity index (χ4n) is 4.07. The van der Waals surface area contributed by atoms with Crippen LogP contribution in [0, 0.1) is 6.92 Å². The summed E-state index contributed by atoms with van der Waals surface area (Å²) >= 11 is 0. The standard InChI is InChI=1S/C27H42N4O5/c1-17-10-8-11-18(16-17)22(23(33)30-26(2,3)4)31(19-12-9-13-19)24(34)20(14-15-21(28)32)29-25(35)36-27(5,6)7/h8,10-11,16,19-20,22H,9,12-15H2,1-7H3,(H2,28,32)(H,29,35)(H,30,33). The molecule has 1 saturated carbocycles. The predicted octanol–water partition coefficient (Wildman–Crippen LogP) is 3.49. The zero-order valence-corrected chi connectivity index (χ0v) is 22.6. The predicted molar refractivity (Wildman–Crippen MR) is 138 cm³/mol. The lowest BCUT2D eigenvalue weighted by molar-refractivity contribution is -0.148. The molecule has 9 nitrogen and oxygen atoms in total. The number of ether oxygens (including phenoxy) is 1. The van der Waals surface area contributed by atoms with Gasteiger partial charge in [0.25, 0.3) is 0 Å². The van der Waals surface area contributed by atoms with Crippen LogP contribution in [-0.4, -0.2) is 51.9 Å². The van der Waals surface area contributed by atoms with Crippen LogP contribution in [0.4, 0.5) is 4.79 Å². The Hall–Kier alpha value is -3.10. The summed E-state index contributed by atoms with van der Waals surface area (Å²) in [4.78, 5) is 53.5. The highest BCUT2D eigenvalue weighted by Crippen LogP contribution is 2.34. The van der Waals surface area contributed by atoms with Gasteiger partial charge < -0.3 is 26.0 Å². The second-order valence-corrected chi connectivity index (χ2v) is 11.6. The van der Waals surface area contributed by atoms with Crippen LogP contribution in [-0.2, 0) is 19.1 Å². The first kappa shape index (κ1) is 29.1. The number of nitrogens with zero attached hydrogens (tertiary/aromatic N) is 1. The molecule has 2 unspecified atom stereocenters. The third kappa shape index (κ3) is 8.84. The maximum Gasteiger partial charge on any atom is 0.408 e. The maximum atomic E-state index is 14.1. The quantitative estimate of drug-likeness (QED) is 0.476. The minimum absolute atomic E-state index is 0.00193. The molecule has 0 saturated heterocycles. The molecule has 9 heteroatoms. The van der Waals surface area contributed by atoms with Gasteiger partial charge in [0.1, 0.15) is 17.7 Å². The Morgan fingerprint density at radius 1 is 1.11 bits per heavy atom. The Balaban J connectivity index is 2.51. The topological polar surface area (TPSA) is 131 Å². The summed E-state index contributed by atoms with van der Waals surface area (Å²) in [6, 6.07) is 5.35. The van der Waals surface area contributed by atoms with Crippen molar-refractivity contribution in [2.75, 3.05) is 0 Å². The lowest BCUT2D eigenvalue weighted by Gasteiger charge is -2.44. The highest BCUT2D eigenvalue weighted by Gasteiger charge is 2.42. The fourth-order valence-corrected chi connectivity index (χ4v) is 4.07. The van der Waals surface area contributed by atoms with E-state index in [1.54, 1.807) is 25.7 Å². The zero-order chi connectivity index (χ0) is 27.3. The Labute approximate surface area is 214 Å². The van der Waals surface area contributed by atoms with E-state index in [2.05, 4.69) is 10.6 Å². The third-order valence-electron chi connectivity index (χ3n) is 5.77.